The molecule has 1 heterocycles. The Morgan fingerprint density at radius 1 is 1.20 bits per heavy atom. The third-order valence-electron chi connectivity index (χ3n) is 5.87. The summed E-state index contributed by atoms with van der Waals surface area (Å²) < 4.78 is 0. The number of amides is 1. The lowest BCUT2D eigenvalue weighted by Gasteiger charge is -2.37. The first-order valence-electron chi connectivity index (χ1n) is 7.69. The fourth-order valence-corrected chi connectivity index (χ4v) is 3.68. The van der Waals surface area contributed by atoms with Crippen LogP contribution in [0.15, 0.2) is 0 Å². The summed E-state index contributed by atoms with van der Waals surface area (Å²) in [5.74, 6) is 0.462. The monoisotopic (exact) mass is 277 g/mol. The zero-order chi connectivity index (χ0) is 15.1. The normalized spacial score (nSPS) is 26.9. The first kappa shape index (κ1) is 15.3. The van der Waals surface area contributed by atoms with Crippen molar-refractivity contribution in [1.82, 2.24) is 9.80 Å². The van der Waals surface area contributed by atoms with E-state index in [1.165, 1.54) is 0 Å². The number of hydrogen-bond donors (Lipinski definition) is 0. The Morgan fingerprint density at radius 2 is 1.70 bits per heavy atom. The highest BCUT2D eigenvalue weighted by Gasteiger charge is 2.68. The predicted molar refractivity (Wildman–Crippen MR) is 78.9 cm³/mol. The van der Waals surface area contributed by atoms with Gasteiger partial charge in [0.2, 0.25) is 5.91 Å². The van der Waals surface area contributed by atoms with Crippen molar-refractivity contribution in [3.8, 4) is 6.07 Å². The molecule has 0 aromatic heterocycles. The van der Waals surface area contributed by atoms with Crippen LogP contribution in [0, 0.1) is 28.1 Å². The molecule has 1 amide bonds. The van der Waals surface area contributed by atoms with Crippen LogP contribution < -0.4 is 0 Å². The highest BCUT2D eigenvalue weighted by atomic mass is 16.2. The molecule has 0 aromatic rings. The molecule has 4 nitrogen and oxygen atoms in total. The van der Waals surface area contributed by atoms with E-state index < -0.39 is 0 Å². The molecule has 2 aliphatic rings. The summed E-state index contributed by atoms with van der Waals surface area (Å²) in [4.78, 5) is 16.9. The Hall–Kier alpha value is -1.08. The number of carbonyl (C=O) groups excluding carboxylic acids is 1. The van der Waals surface area contributed by atoms with Crippen LogP contribution in [0.3, 0.4) is 0 Å². The van der Waals surface area contributed by atoms with Crippen LogP contribution in [-0.4, -0.2) is 47.9 Å². The molecule has 2 rings (SSSR count). The average molecular weight is 277 g/mol. The molecule has 0 N–H and O–H groups in total. The highest BCUT2D eigenvalue weighted by molar-refractivity contribution is 5.84. The highest BCUT2D eigenvalue weighted by Crippen LogP contribution is 2.68. The molecule has 20 heavy (non-hydrogen) atoms. The van der Waals surface area contributed by atoms with E-state index in [1.54, 1.807) is 0 Å². The molecule has 0 spiro atoms. The molecule has 112 valence electrons. The summed E-state index contributed by atoms with van der Waals surface area (Å²) in [6.07, 6.45) is 0.854. The van der Waals surface area contributed by atoms with Crippen LogP contribution in [0.2, 0.25) is 0 Å². The van der Waals surface area contributed by atoms with E-state index in [4.69, 9.17) is 5.26 Å². The number of rotatable bonds is 3. The van der Waals surface area contributed by atoms with Crippen molar-refractivity contribution < 1.29 is 4.79 Å². The fraction of sp³-hybridized carbons (Fsp3) is 0.875. The van der Waals surface area contributed by atoms with Gasteiger partial charge in [-0.25, -0.2) is 0 Å². The topological polar surface area (TPSA) is 47.3 Å². The molecule has 1 unspecified atom stereocenters. The van der Waals surface area contributed by atoms with Gasteiger partial charge in [0.05, 0.1) is 12.1 Å². The summed E-state index contributed by atoms with van der Waals surface area (Å²) in [6.45, 7) is 14.0. The molecular formula is C16H27N3O. The smallest absolute Gasteiger partial charge is 0.226 e. The number of nitrogens with zero attached hydrogens (tertiary/aromatic N) is 3. The molecular weight excluding hydrogens is 250 g/mol. The van der Waals surface area contributed by atoms with Gasteiger partial charge in [-0.1, -0.05) is 34.6 Å². The largest absolute Gasteiger partial charge is 0.340 e. The molecule has 0 radical (unpaired) electrons. The Labute approximate surface area is 122 Å². The maximum absolute atomic E-state index is 12.6. The lowest BCUT2D eigenvalue weighted by Crippen LogP contribution is -2.52. The Bertz CT molecular complexity index is 413. The van der Waals surface area contributed by atoms with Crippen molar-refractivity contribution in [2.75, 3.05) is 26.2 Å². The first-order valence-corrected chi connectivity index (χ1v) is 7.69. The van der Waals surface area contributed by atoms with E-state index in [2.05, 4.69) is 38.7 Å². The van der Waals surface area contributed by atoms with Crippen LogP contribution in [-0.2, 0) is 4.79 Å². The lowest BCUT2D eigenvalue weighted by atomic mass is 10.0. The van der Waals surface area contributed by atoms with Crippen molar-refractivity contribution in [3.05, 3.63) is 0 Å². The minimum atomic E-state index is 0.000981. The van der Waals surface area contributed by atoms with E-state index >= 15 is 0 Å². The van der Waals surface area contributed by atoms with E-state index in [0.29, 0.717) is 5.91 Å². The van der Waals surface area contributed by atoms with Gasteiger partial charge >= 0.3 is 0 Å². The average Bonchev–Trinajstić information content (AvgIpc) is 2.81. The van der Waals surface area contributed by atoms with Crippen molar-refractivity contribution in [3.63, 3.8) is 0 Å². The first-order chi connectivity index (χ1) is 9.27. The summed E-state index contributed by atoms with van der Waals surface area (Å²) in [7, 11) is 0. The quantitative estimate of drug-likeness (QED) is 0.794. The van der Waals surface area contributed by atoms with Gasteiger partial charge in [0.15, 0.2) is 0 Å². The Morgan fingerprint density at radius 3 is 2.05 bits per heavy atom. The number of piperazine rings is 1. The van der Waals surface area contributed by atoms with Gasteiger partial charge in [0, 0.05) is 32.1 Å². The van der Waals surface area contributed by atoms with Crippen LogP contribution in [0.5, 0.6) is 0 Å². The van der Waals surface area contributed by atoms with Crippen LogP contribution in [0.4, 0.5) is 0 Å². The van der Waals surface area contributed by atoms with Crippen LogP contribution in [0.25, 0.3) is 0 Å². The van der Waals surface area contributed by atoms with Crippen molar-refractivity contribution in [1.29, 1.82) is 5.26 Å². The Balaban J connectivity index is 1.93. The van der Waals surface area contributed by atoms with Crippen molar-refractivity contribution in [2.45, 2.75) is 47.1 Å². The van der Waals surface area contributed by atoms with Crippen molar-refractivity contribution >= 4 is 5.91 Å². The van der Waals surface area contributed by atoms with E-state index in [-0.39, 0.29) is 22.8 Å². The molecule has 4 heteroatoms. The second kappa shape index (κ2) is 5.04. The van der Waals surface area contributed by atoms with E-state index in [0.717, 1.165) is 32.6 Å². The maximum Gasteiger partial charge on any atom is 0.226 e. The minimum absolute atomic E-state index is 0.000981. The summed E-state index contributed by atoms with van der Waals surface area (Å²) in [5, 5.41) is 9.12. The minimum Gasteiger partial charge on any atom is -0.340 e. The zero-order valence-electron chi connectivity index (χ0n) is 13.4. The SMILES string of the molecule is CCC(C#N)N1CCN(C(=O)C2C(C)(C)C2(C)C)CC1. The standard InChI is InChI=1S/C16H27N3O/c1-6-12(11-17)18-7-9-19(10-8-18)14(20)13-15(2,3)16(13,4)5/h12-13H,6-10H2,1-5H3. The third-order valence-corrected chi connectivity index (χ3v) is 5.87. The van der Waals surface area contributed by atoms with Crippen LogP contribution in [0.1, 0.15) is 41.0 Å². The van der Waals surface area contributed by atoms with Gasteiger partial charge in [0.1, 0.15) is 0 Å². The summed E-state index contributed by atoms with van der Waals surface area (Å²) >= 11 is 0. The molecule has 1 atom stereocenters. The lowest BCUT2D eigenvalue weighted by molar-refractivity contribution is -0.135. The molecule has 2 fully saturated rings. The Kier molecular flexibility index (Phi) is 3.85. The van der Waals surface area contributed by atoms with Gasteiger partial charge in [0.25, 0.3) is 0 Å². The third kappa shape index (κ3) is 2.22. The maximum atomic E-state index is 12.6. The molecule has 0 aromatic carbocycles. The summed E-state index contributed by atoms with van der Waals surface area (Å²) in [5.41, 5.74) is 0.222. The van der Waals surface area contributed by atoms with Crippen molar-refractivity contribution in [2.24, 2.45) is 16.7 Å². The molecule has 0 bridgehead atoms. The molecule has 1 saturated carbocycles. The van der Waals surface area contributed by atoms with E-state index in [9.17, 15) is 4.79 Å². The fourth-order valence-electron chi connectivity index (χ4n) is 3.68. The van der Waals surface area contributed by atoms with Gasteiger partial charge in [-0.05, 0) is 17.3 Å². The summed E-state index contributed by atoms with van der Waals surface area (Å²) in [6, 6.07) is 2.35. The predicted octanol–water partition coefficient (Wildman–Crippen LogP) is 2.11. The number of hydrogen-bond acceptors (Lipinski definition) is 3. The second-order valence-corrected chi connectivity index (χ2v) is 7.29. The van der Waals surface area contributed by atoms with Gasteiger partial charge in [-0.2, -0.15) is 5.26 Å². The van der Waals surface area contributed by atoms with E-state index in [1.807, 2.05) is 11.8 Å². The second-order valence-electron chi connectivity index (χ2n) is 7.29. The molecule has 1 aliphatic heterocycles. The zero-order valence-corrected chi connectivity index (χ0v) is 13.4. The number of carbonyl (C=O) groups is 1. The van der Waals surface area contributed by atoms with Gasteiger partial charge in [-0.3, -0.25) is 9.69 Å². The van der Waals surface area contributed by atoms with Crippen LogP contribution >= 0.6 is 0 Å². The molecule has 1 saturated heterocycles. The van der Waals surface area contributed by atoms with Gasteiger partial charge < -0.3 is 4.90 Å². The number of nitriles is 1. The molecule has 1 aliphatic carbocycles. The van der Waals surface area contributed by atoms with Gasteiger partial charge in [-0.15, -0.1) is 0 Å².